The zero-order valence-corrected chi connectivity index (χ0v) is 18.4. The summed E-state index contributed by atoms with van der Waals surface area (Å²) in [5, 5.41) is 9.00. The van der Waals surface area contributed by atoms with Gasteiger partial charge in [0.25, 0.3) is 5.91 Å². The molecule has 0 radical (unpaired) electrons. The average Bonchev–Trinajstić information content (AvgIpc) is 3.17. The molecule has 2 aromatic carbocycles. The van der Waals surface area contributed by atoms with Crippen molar-refractivity contribution < 1.29 is 31.5 Å². The number of alkyl halides is 3. The first-order valence-electron chi connectivity index (χ1n) is 10.8. The second-order valence-electron chi connectivity index (χ2n) is 8.95. The van der Waals surface area contributed by atoms with Crippen molar-refractivity contribution in [3.8, 4) is 6.07 Å². The molecular weight excluding hydrogens is 471 g/mol. The van der Waals surface area contributed by atoms with Crippen LogP contribution in [0.3, 0.4) is 0 Å². The van der Waals surface area contributed by atoms with Gasteiger partial charge in [-0.2, -0.15) is 18.4 Å². The fourth-order valence-corrected chi connectivity index (χ4v) is 5.13. The van der Waals surface area contributed by atoms with Gasteiger partial charge in [-0.25, -0.2) is 8.78 Å². The average molecular weight is 492 g/mol. The predicted octanol–water partition coefficient (Wildman–Crippen LogP) is 3.70. The van der Waals surface area contributed by atoms with Crippen molar-refractivity contribution in [3.05, 3.63) is 64.7 Å². The van der Waals surface area contributed by atoms with Crippen molar-refractivity contribution >= 4 is 17.5 Å². The number of halogens is 5. The minimum absolute atomic E-state index is 0.0277. The summed E-state index contributed by atoms with van der Waals surface area (Å²) in [5.74, 6) is -3.86. The number of benzene rings is 2. The Morgan fingerprint density at radius 1 is 1.09 bits per heavy atom. The summed E-state index contributed by atoms with van der Waals surface area (Å²) in [7, 11) is 0. The van der Waals surface area contributed by atoms with Crippen molar-refractivity contribution in [2.24, 2.45) is 17.1 Å². The number of nitrogens with two attached hydrogens (primary N) is 1. The van der Waals surface area contributed by atoms with Crippen LogP contribution in [-0.4, -0.2) is 42.9 Å². The minimum atomic E-state index is -4.68. The Morgan fingerprint density at radius 3 is 2.34 bits per heavy atom. The van der Waals surface area contributed by atoms with Crippen LogP contribution in [0.5, 0.6) is 0 Å². The molecule has 35 heavy (non-hydrogen) atoms. The molecule has 4 rings (SSSR count). The highest BCUT2D eigenvalue weighted by atomic mass is 19.4. The summed E-state index contributed by atoms with van der Waals surface area (Å²) in [5.41, 5.74) is 3.40. The molecule has 2 aliphatic heterocycles. The van der Waals surface area contributed by atoms with E-state index >= 15 is 0 Å². The van der Waals surface area contributed by atoms with Crippen molar-refractivity contribution in [2.45, 2.75) is 19.0 Å². The fraction of sp³-hybridized carbons (Fsp3) is 0.375. The Balaban J connectivity index is 1.54. The molecule has 2 saturated heterocycles. The van der Waals surface area contributed by atoms with Crippen LogP contribution in [0.1, 0.15) is 34.3 Å². The van der Waals surface area contributed by atoms with Crippen molar-refractivity contribution in [1.82, 2.24) is 4.90 Å². The van der Waals surface area contributed by atoms with Gasteiger partial charge < -0.3 is 15.5 Å². The van der Waals surface area contributed by atoms with Gasteiger partial charge >= 0.3 is 6.18 Å². The molecular formula is C24H21F5N4O2. The smallest absolute Gasteiger partial charge is 0.371 e. The van der Waals surface area contributed by atoms with Gasteiger partial charge in [-0.1, -0.05) is 0 Å². The van der Waals surface area contributed by atoms with Crippen LogP contribution in [0.4, 0.5) is 27.6 Å². The Kier molecular flexibility index (Phi) is 6.17. The summed E-state index contributed by atoms with van der Waals surface area (Å²) >= 11 is 0. The third kappa shape index (κ3) is 4.52. The van der Waals surface area contributed by atoms with Gasteiger partial charge in [0.2, 0.25) is 5.91 Å². The predicted molar refractivity (Wildman–Crippen MR) is 115 cm³/mol. The lowest BCUT2D eigenvalue weighted by molar-refractivity contribution is -0.137. The maximum Gasteiger partial charge on any atom is 0.417 e. The van der Waals surface area contributed by atoms with Crippen molar-refractivity contribution in [2.75, 3.05) is 31.1 Å². The topological polar surface area (TPSA) is 90.4 Å². The van der Waals surface area contributed by atoms with Crippen LogP contribution in [0.15, 0.2) is 36.4 Å². The lowest BCUT2D eigenvalue weighted by Gasteiger charge is -2.42. The van der Waals surface area contributed by atoms with Crippen LogP contribution < -0.4 is 10.6 Å². The van der Waals surface area contributed by atoms with E-state index in [2.05, 4.69) is 0 Å². The lowest BCUT2D eigenvalue weighted by atomic mass is 9.70. The zero-order valence-electron chi connectivity index (χ0n) is 18.4. The molecule has 6 nitrogen and oxygen atoms in total. The highest BCUT2D eigenvalue weighted by Gasteiger charge is 2.52. The van der Waals surface area contributed by atoms with Crippen LogP contribution in [0.25, 0.3) is 0 Å². The Bertz CT molecular complexity index is 1220. The molecule has 0 aromatic heterocycles. The normalized spacial score (nSPS) is 19.6. The molecule has 2 N–H and O–H groups in total. The second-order valence-corrected chi connectivity index (χ2v) is 8.95. The largest absolute Gasteiger partial charge is 0.417 e. The maximum absolute atomic E-state index is 14.2. The van der Waals surface area contributed by atoms with Crippen LogP contribution >= 0.6 is 0 Å². The van der Waals surface area contributed by atoms with Crippen LogP contribution in [0.2, 0.25) is 0 Å². The van der Waals surface area contributed by atoms with E-state index in [-0.39, 0.29) is 18.7 Å². The number of amides is 2. The Morgan fingerprint density at radius 2 is 1.77 bits per heavy atom. The SMILES string of the molecule is N#Cc1ccc(N2CCC3(CC2)CN(C(=O)c2ccc(F)cc2F)CC3C(N)=O)cc1C(F)(F)F. The first-order chi connectivity index (χ1) is 16.4. The molecule has 2 amide bonds. The molecule has 0 bridgehead atoms. The molecule has 2 aromatic rings. The number of rotatable bonds is 3. The summed E-state index contributed by atoms with van der Waals surface area (Å²) in [6, 6.07) is 7.68. The molecule has 2 aliphatic rings. The molecule has 0 saturated carbocycles. The Labute approximate surface area is 197 Å². The standard InChI is InChI=1S/C24H21F5N4O2/c25-15-2-4-17(20(26)9-15)22(35)33-12-19(21(31)34)23(13-33)5-7-32(8-6-23)16-3-1-14(11-30)18(10-16)24(27,28)29/h1-4,9-10,19H,5-8,12-13H2,(H2,31,34). The van der Waals surface area contributed by atoms with Gasteiger partial charge in [0.15, 0.2) is 0 Å². The number of piperidine rings is 1. The number of nitrogens with zero attached hydrogens (tertiary/aromatic N) is 3. The van der Waals surface area contributed by atoms with Crippen LogP contribution in [0, 0.1) is 34.3 Å². The highest BCUT2D eigenvalue weighted by Crippen LogP contribution is 2.46. The van der Waals surface area contributed by atoms with Gasteiger partial charge in [0.1, 0.15) is 11.6 Å². The molecule has 2 heterocycles. The quantitative estimate of drug-likeness (QED) is 0.662. The number of hydrogen-bond acceptors (Lipinski definition) is 4. The second kappa shape index (κ2) is 8.83. The van der Waals surface area contributed by atoms with Gasteiger partial charge in [-0.3, -0.25) is 9.59 Å². The number of hydrogen-bond donors (Lipinski definition) is 1. The number of anilines is 1. The lowest BCUT2D eigenvalue weighted by Crippen LogP contribution is -2.47. The summed E-state index contributed by atoms with van der Waals surface area (Å²) in [4.78, 5) is 28.2. The number of primary amides is 1. The first kappa shape index (κ1) is 24.4. The fourth-order valence-electron chi connectivity index (χ4n) is 5.13. The molecule has 1 unspecified atom stereocenters. The van der Waals surface area contributed by atoms with E-state index in [1.54, 1.807) is 11.0 Å². The minimum Gasteiger partial charge on any atom is -0.371 e. The van der Waals surface area contributed by atoms with E-state index in [1.165, 1.54) is 11.0 Å². The highest BCUT2D eigenvalue weighted by molar-refractivity contribution is 5.95. The summed E-state index contributed by atoms with van der Waals surface area (Å²) in [6.07, 6.45) is -3.97. The van der Waals surface area contributed by atoms with Gasteiger partial charge in [0, 0.05) is 43.3 Å². The summed E-state index contributed by atoms with van der Waals surface area (Å²) < 4.78 is 67.5. The molecule has 0 aliphatic carbocycles. The third-order valence-corrected chi connectivity index (χ3v) is 6.99. The van der Waals surface area contributed by atoms with E-state index in [0.29, 0.717) is 37.7 Å². The number of carbonyl (C=O) groups excluding carboxylic acids is 2. The van der Waals surface area contributed by atoms with Gasteiger partial charge in [-0.15, -0.1) is 0 Å². The zero-order chi connectivity index (χ0) is 25.5. The van der Waals surface area contributed by atoms with Crippen molar-refractivity contribution in [3.63, 3.8) is 0 Å². The maximum atomic E-state index is 14.2. The monoisotopic (exact) mass is 492 g/mol. The molecule has 1 atom stereocenters. The molecule has 2 fully saturated rings. The van der Waals surface area contributed by atoms with Crippen molar-refractivity contribution in [1.29, 1.82) is 5.26 Å². The molecule has 11 heteroatoms. The van der Waals surface area contributed by atoms with E-state index in [0.717, 1.165) is 24.3 Å². The van der Waals surface area contributed by atoms with Gasteiger partial charge in [0.05, 0.1) is 28.7 Å². The summed E-state index contributed by atoms with van der Waals surface area (Å²) in [6.45, 7) is 0.672. The third-order valence-electron chi connectivity index (χ3n) is 6.99. The van der Waals surface area contributed by atoms with E-state index in [9.17, 15) is 31.5 Å². The number of carbonyl (C=O) groups is 2. The first-order valence-corrected chi connectivity index (χ1v) is 10.8. The van der Waals surface area contributed by atoms with E-state index in [1.807, 2.05) is 0 Å². The van der Waals surface area contributed by atoms with E-state index < -0.39 is 52.1 Å². The molecule has 184 valence electrons. The van der Waals surface area contributed by atoms with Crippen LogP contribution in [-0.2, 0) is 11.0 Å². The van der Waals surface area contributed by atoms with Gasteiger partial charge in [-0.05, 0) is 43.2 Å². The number of likely N-dealkylation sites (tertiary alicyclic amines) is 1. The number of nitriles is 1. The van der Waals surface area contributed by atoms with E-state index in [4.69, 9.17) is 11.0 Å². The molecule has 1 spiro atoms. The Hall–Kier alpha value is -3.68.